The molecule has 0 aromatic carbocycles. The fraction of sp³-hybridized carbons (Fsp3) is 0.769. The van der Waals surface area contributed by atoms with Gasteiger partial charge < -0.3 is 5.73 Å². The van der Waals surface area contributed by atoms with Crippen LogP contribution in [0.5, 0.6) is 0 Å². The molecular weight excluding hydrogens is 212 g/mol. The van der Waals surface area contributed by atoms with Crippen LogP contribution in [0.15, 0.2) is 12.4 Å². The lowest BCUT2D eigenvalue weighted by Crippen LogP contribution is -2.39. The van der Waals surface area contributed by atoms with Crippen LogP contribution in [0.3, 0.4) is 0 Å². The molecule has 3 atom stereocenters. The van der Waals surface area contributed by atoms with Gasteiger partial charge in [-0.3, -0.25) is 9.58 Å². The molecule has 2 rings (SSSR count). The van der Waals surface area contributed by atoms with Crippen LogP contribution >= 0.6 is 0 Å². The van der Waals surface area contributed by atoms with E-state index >= 15 is 0 Å². The number of hydrogen-bond donors (Lipinski definition) is 1. The van der Waals surface area contributed by atoms with Crippen LogP contribution in [0.25, 0.3) is 0 Å². The van der Waals surface area contributed by atoms with Gasteiger partial charge in [0.05, 0.1) is 6.20 Å². The number of aromatic nitrogens is 2. The van der Waals surface area contributed by atoms with E-state index < -0.39 is 0 Å². The minimum Gasteiger partial charge on any atom is -0.323 e. The number of nitrogens with zero attached hydrogens (tertiary/aromatic N) is 3. The minimum absolute atomic E-state index is 0.0818. The number of aryl methyl sites for hydroxylation is 1. The van der Waals surface area contributed by atoms with Crippen LogP contribution in [0, 0.1) is 0 Å². The van der Waals surface area contributed by atoms with Gasteiger partial charge in [0.2, 0.25) is 0 Å². The summed E-state index contributed by atoms with van der Waals surface area (Å²) < 4.78 is 1.82. The Morgan fingerprint density at radius 3 is 2.88 bits per heavy atom. The Hall–Kier alpha value is -0.870. The fourth-order valence-electron chi connectivity index (χ4n) is 2.86. The van der Waals surface area contributed by atoms with Gasteiger partial charge in [-0.15, -0.1) is 0 Å². The summed E-state index contributed by atoms with van der Waals surface area (Å²) in [6.07, 6.45) is 7.75. The lowest BCUT2D eigenvalue weighted by Gasteiger charge is -2.30. The molecule has 0 radical (unpaired) electrons. The van der Waals surface area contributed by atoms with Crippen LogP contribution in [0.2, 0.25) is 0 Å². The largest absolute Gasteiger partial charge is 0.323 e. The lowest BCUT2D eigenvalue weighted by molar-refractivity contribution is 0.186. The maximum absolute atomic E-state index is 6.27. The van der Waals surface area contributed by atoms with E-state index in [4.69, 9.17) is 5.73 Å². The first-order valence-electron chi connectivity index (χ1n) is 6.61. The summed E-state index contributed by atoms with van der Waals surface area (Å²) in [6, 6.07) is 1.47. The van der Waals surface area contributed by atoms with Crippen molar-refractivity contribution in [3.05, 3.63) is 18.0 Å². The van der Waals surface area contributed by atoms with Crippen molar-refractivity contribution in [2.75, 3.05) is 6.54 Å². The highest BCUT2D eigenvalue weighted by atomic mass is 15.2. The minimum atomic E-state index is 0.0818. The lowest BCUT2D eigenvalue weighted by atomic mass is 10.1. The molecule has 2 heterocycles. The monoisotopic (exact) mass is 236 g/mol. The van der Waals surface area contributed by atoms with Gasteiger partial charge in [0, 0.05) is 43.5 Å². The van der Waals surface area contributed by atoms with Gasteiger partial charge in [0.15, 0.2) is 0 Å². The molecule has 2 N–H and O–H groups in total. The second-order valence-corrected chi connectivity index (χ2v) is 5.24. The van der Waals surface area contributed by atoms with E-state index in [9.17, 15) is 0 Å². The Kier molecular flexibility index (Phi) is 3.84. The molecule has 1 aromatic heterocycles. The van der Waals surface area contributed by atoms with Gasteiger partial charge in [-0.2, -0.15) is 5.10 Å². The maximum atomic E-state index is 6.27. The van der Waals surface area contributed by atoms with E-state index in [1.165, 1.54) is 19.3 Å². The summed E-state index contributed by atoms with van der Waals surface area (Å²) in [5, 5.41) is 4.19. The quantitative estimate of drug-likeness (QED) is 0.865. The van der Waals surface area contributed by atoms with Crippen molar-refractivity contribution in [3.8, 4) is 0 Å². The van der Waals surface area contributed by atoms with Gasteiger partial charge in [-0.25, -0.2) is 0 Å². The van der Waals surface area contributed by atoms with E-state index in [1.54, 1.807) is 0 Å². The first-order chi connectivity index (χ1) is 8.11. The summed E-state index contributed by atoms with van der Waals surface area (Å²) in [6.45, 7) is 5.53. The molecule has 0 saturated carbocycles. The average molecular weight is 236 g/mol. The van der Waals surface area contributed by atoms with E-state index in [1.807, 2.05) is 24.1 Å². The van der Waals surface area contributed by atoms with Gasteiger partial charge in [-0.1, -0.05) is 6.92 Å². The summed E-state index contributed by atoms with van der Waals surface area (Å²) in [5.74, 6) is 0. The van der Waals surface area contributed by atoms with Crippen molar-refractivity contribution in [2.24, 2.45) is 12.8 Å². The average Bonchev–Trinajstić information content (AvgIpc) is 2.87. The van der Waals surface area contributed by atoms with E-state index in [0.29, 0.717) is 12.1 Å². The van der Waals surface area contributed by atoms with Gasteiger partial charge >= 0.3 is 0 Å². The summed E-state index contributed by atoms with van der Waals surface area (Å²) >= 11 is 0. The van der Waals surface area contributed by atoms with Crippen LogP contribution in [0.1, 0.15) is 44.7 Å². The fourth-order valence-corrected chi connectivity index (χ4v) is 2.86. The van der Waals surface area contributed by atoms with Crippen LogP contribution in [0.4, 0.5) is 0 Å². The SMILES string of the molecule is CCC1CCC(C)N1CC(N)c1cnn(C)c1. The molecule has 0 amide bonds. The Morgan fingerprint density at radius 1 is 1.53 bits per heavy atom. The zero-order chi connectivity index (χ0) is 12.4. The van der Waals surface area contributed by atoms with E-state index in [-0.39, 0.29) is 6.04 Å². The zero-order valence-electron chi connectivity index (χ0n) is 11.1. The van der Waals surface area contributed by atoms with Crippen molar-refractivity contribution in [2.45, 2.75) is 51.2 Å². The molecule has 4 heteroatoms. The molecule has 0 bridgehead atoms. The highest BCUT2D eigenvalue weighted by Gasteiger charge is 2.30. The predicted octanol–water partition coefficient (Wildman–Crippen LogP) is 1.68. The molecular formula is C13H24N4. The number of rotatable bonds is 4. The van der Waals surface area contributed by atoms with Gasteiger partial charge in [-0.05, 0) is 26.2 Å². The standard InChI is InChI=1S/C13H24N4/c1-4-12-6-5-10(2)17(12)9-13(14)11-7-15-16(3)8-11/h7-8,10,12-13H,4-6,9,14H2,1-3H3. The first kappa shape index (κ1) is 12.6. The van der Waals surface area contributed by atoms with Crippen molar-refractivity contribution in [3.63, 3.8) is 0 Å². The molecule has 1 saturated heterocycles. The Bertz CT molecular complexity index is 360. The number of hydrogen-bond acceptors (Lipinski definition) is 3. The molecule has 1 aliphatic heterocycles. The molecule has 3 unspecified atom stereocenters. The van der Waals surface area contributed by atoms with Crippen molar-refractivity contribution in [1.29, 1.82) is 0 Å². The molecule has 1 aromatic rings. The van der Waals surface area contributed by atoms with Crippen LogP contribution in [-0.2, 0) is 7.05 Å². The Balaban J connectivity index is 2.00. The maximum Gasteiger partial charge on any atom is 0.0537 e. The first-order valence-corrected chi connectivity index (χ1v) is 6.61. The van der Waals surface area contributed by atoms with E-state index in [2.05, 4.69) is 23.8 Å². The molecule has 0 aliphatic carbocycles. The molecule has 0 spiro atoms. The smallest absolute Gasteiger partial charge is 0.0537 e. The molecule has 4 nitrogen and oxygen atoms in total. The van der Waals surface area contributed by atoms with Crippen molar-refractivity contribution in [1.82, 2.24) is 14.7 Å². The third-order valence-corrected chi connectivity index (χ3v) is 3.98. The third kappa shape index (κ3) is 2.69. The molecule has 1 aliphatic rings. The van der Waals surface area contributed by atoms with Crippen LogP contribution < -0.4 is 5.73 Å². The summed E-state index contributed by atoms with van der Waals surface area (Å²) in [7, 11) is 1.93. The van der Waals surface area contributed by atoms with E-state index in [0.717, 1.165) is 12.1 Å². The topological polar surface area (TPSA) is 47.1 Å². The van der Waals surface area contributed by atoms with Gasteiger partial charge in [0.25, 0.3) is 0 Å². The molecule has 17 heavy (non-hydrogen) atoms. The summed E-state index contributed by atoms with van der Waals surface area (Å²) in [4.78, 5) is 2.57. The number of nitrogens with two attached hydrogens (primary N) is 1. The summed E-state index contributed by atoms with van der Waals surface area (Å²) in [5.41, 5.74) is 7.41. The van der Waals surface area contributed by atoms with Gasteiger partial charge in [0.1, 0.15) is 0 Å². The second-order valence-electron chi connectivity index (χ2n) is 5.24. The second kappa shape index (κ2) is 5.19. The third-order valence-electron chi connectivity index (χ3n) is 3.98. The Morgan fingerprint density at radius 2 is 2.29 bits per heavy atom. The highest BCUT2D eigenvalue weighted by Crippen LogP contribution is 2.27. The number of likely N-dealkylation sites (tertiary alicyclic amines) is 1. The van der Waals surface area contributed by atoms with Crippen molar-refractivity contribution >= 4 is 0 Å². The predicted molar refractivity (Wildman–Crippen MR) is 69.6 cm³/mol. The zero-order valence-corrected chi connectivity index (χ0v) is 11.1. The normalized spacial score (nSPS) is 27.5. The Labute approximate surface area is 104 Å². The molecule has 96 valence electrons. The molecule has 1 fully saturated rings. The highest BCUT2D eigenvalue weighted by molar-refractivity contribution is 5.10. The van der Waals surface area contributed by atoms with Crippen molar-refractivity contribution < 1.29 is 0 Å². The van der Waals surface area contributed by atoms with Crippen LogP contribution in [-0.4, -0.2) is 33.3 Å².